The van der Waals surface area contributed by atoms with E-state index in [1.54, 1.807) is 22.9 Å². The lowest BCUT2D eigenvalue weighted by Crippen LogP contribution is -2.28. The number of rotatable bonds is 5. The van der Waals surface area contributed by atoms with Crippen molar-refractivity contribution >= 4 is 0 Å². The quantitative estimate of drug-likeness (QED) is 0.908. The van der Waals surface area contributed by atoms with Gasteiger partial charge in [0.05, 0.1) is 0 Å². The van der Waals surface area contributed by atoms with Crippen molar-refractivity contribution in [2.24, 2.45) is 5.73 Å². The third-order valence-electron chi connectivity index (χ3n) is 3.27. The Bertz CT molecular complexity index is 617. The molecule has 1 aromatic heterocycles. The Morgan fingerprint density at radius 2 is 1.95 bits per heavy atom. The maximum absolute atomic E-state index is 12.2. The van der Waals surface area contributed by atoms with E-state index in [9.17, 15) is 4.79 Å². The molecule has 2 rings (SSSR count). The van der Waals surface area contributed by atoms with Gasteiger partial charge in [0.25, 0.3) is 5.56 Å². The molecule has 0 radical (unpaired) electrons. The van der Waals surface area contributed by atoms with E-state index in [4.69, 9.17) is 10.5 Å². The van der Waals surface area contributed by atoms with Crippen molar-refractivity contribution in [3.63, 3.8) is 0 Å². The van der Waals surface area contributed by atoms with Crippen molar-refractivity contribution in [2.45, 2.75) is 26.5 Å². The fourth-order valence-corrected chi connectivity index (χ4v) is 1.91. The minimum absolute atomic E-state index is 0.0366. The number of benzene rings is 1. The highest BCUT2D eigenvalue weighted by molar-refractivity contribution is 5.22. The molecule has 0 saturated heterocycles. The van der Waals surface area contributed by atoms with Gasteiger partial charge in [0, 0.05) is 18.8 Å². The van der Waals surface area contributed by atoms with Crippen LogP contribution >= 0.6 is 0 Å². The highest BCUT2D eigenvalue weighted by atomic mass is 16.5. The van der Waals surface area contributed by atoms with Crippen LogP contribution in [-0.2, 0) is 6.61 Å². The Morgan fingerprint density at radius 3 is 2.60 bits per heavy atom. The van der Waals surface area contributed by atoms with Crippen LogP contribution in [0.25, 0.3) is 0 Å². The molecule has 0 spiro atoms. The van der Waals surface area contributed by atoms with E-state index in [1.165, 1.54) is 5.56 Å². The Hall–Kier alpha value is -2.07. The van der Waals surface area contributed by atoms with Crippen molar-refractivity contribution < 1.29 is 4.74 Å². The van der Waals surface area contributed by atoms with Gasteiger partial charge in [-0.3, -0.25) is 4.79 Å². The molecule has 1 heterocycles. The largest absolute Gasteiger partial charge is 0.483 e. The van der Waals surface area contributed by atoms with Gasteiger partial charge < -0.3 is 15.0 Å². The number of aryl methyl sites for hydroxylation is 1. The van der Waals surface area contributed by atoms with Crippen LogP contribution in [0.5, 0.6) is 5.75 Å². The second-order valence-corrected chi connectivity index (χ2v) is 4.94. The molecule has 0 amide bonds. The molecule has 20 heavy (non-hydrogen) atoms. The summed E-state index contributed by atoms with van der Waals surface area (Å²) < 4.78 is 7.23. The molecule has 0 bridgehead atoms. The molecule has 106 valence electrons. The van der Waals surface area contributed by atoms with Gasteiger partial charge in [-0.2, -0.15) is 0 Å². The molecular formula is C16H20N2O2. The number of nitrogens with zero attached hydrogens (tertiary/aromatic N) is 1. The van der Waals surface area contributed by atoms with Crippen molar-refractivity contribution in [1.82, 2.24) is 4.57 Å². The number of ether oxygens (including phenoxy) is 1. The van der Waals surface area contributed by atoms with Gasteiger partial charge in [0.2, 0.25) is 0 Å². The van der Waals surface area contributed by atoms with Crippen LogP contribution in [0.2, 0.25) is 0 Å². The first-order valence-electron chi connectivity index (χ1n) is 6.71. The minimum atomic E-state index is -0.141. The maximum Gasteiger partial charge on any atom is 0.293 e. The molecule has 0 saturated carbocycles. The third-order valence-corrected chi connectivity index (χ3v) is 3.27. The SMILES string of the molecule is Cc1ccc(COc2cccn(C(C)CN)c2=O)cc1. The number of hydrogen-bond acceptors (Lipinski definition) is 3. The first-order valence-corrected chi connectivity index (χ1v) is 6.71. The van der Waals surface area contributed by atoms with Crippen LogP contribution in [-0.4, -0.2) is 11.1 Å². The molecule has 4 nitrogen and oxygen atoms in total. The van der Waals surface area contributed by atoms with Gasteiger partial charge in [-0.25, -0.2) is 0 Å². The molecule has 2 aromatic rings. The number of pyridine rings is 1. The van der Waals surface area contributed by atoms with Crippen LogP contribution in [0.3, 0.4) is 0 Å². The molecule has 0 fully saturated rings. The van der Waals surface area contributed by atoms with Gasteiger partial charge in [0.15, 0.2) is 5.75 Å². The monoisotopic (exact) mass is 272 g/mol. The lowest BCUT2D eigenvalue weighted by molar-refractivity contribution is 0.297. The van der Waals surface area contributed by atoms with Gasteiger partial charge in [-0.1, -0.05) is 29.8 Å². The third kappa shape index (κ3) is 3.27. The predicted molar refractivity (Wildman–Crippen MR) is 80.0 cm³/mol. The highest BCUT2D eigenvalue weighted by Crippen LogP contribution is 2.10. The van der Waals surface area contributed by atoms with Crippen molar-refractivity contribution in [1.29, 1.82) is 0 Å². The molecule has 1 unspecified atom stereocenters. The zero-order chi connectivity index (χ0) is 14.5. The summed E-state index contributed by atoms with van der Waals surface area (Å²) in [6.07, 6.45) is 1.73. The molecule has 0 aliphatic heterocycles. The Kier molecular flexibility index (Phi) is 4.58. The summed E-state index contributed by atoms with van der Waals surface area (Å²) in [7, 11) is 0. The van der Waals surface area contributed by atoms with E-state index in [1.807, 2.05) is 38.1 Å². The standard InChI is InChI=1S/C16H20N2O2/c1-12-5-7-14(8-6-12)11-20-15-4-3-9-18(16(15)19)13(2)10-17/h3-9,13H,10-11,17H2,1-2H3. The van der Waals surface area contributed by atoms with Crippen LogP contribution in [0.4, 0.5) is 0 Å². The van der Waals surface area contributed by atoms with Gasteiger partial charge in [-0.05, 0) is 31.5 Å². The normalized spacial score (nSPS) is 12.2. The number of aromatic nitrogens is 1. The van der Waals surface area contributed by atoms with Gasteiger partial charge in [0.1, 0.15) is 6.61 Å². The van der Waals surface area contributed by atoms with Gasteiger partial charge >= 0.3 is 0 Å². The molecule has 2 N–H and O–H groups in total. The van der Waals surface area contributed by atoms with E-state index >= 15 is 0 Å². The zero-order valence-electron chi connectivity index (χ0n) is 11.9. The Balaban J connectivity index is 2.14. The molecule has 4 heteroatoms. The fourth-order valence-electron chi connectivity index (χ4n) is 1.91. The first kappa shape index (κ1) is 14.3. The summed E-state index contributed by atoms with van der Waals surface area (Å²) >= 11 is 0. The zero-order valence-corrected chi connectivity index (χ0v) is 11.9. The van der Waals surface area contributed by atoms with E-state index in [2.05, 4.69) is 0 Å². The van der Waals surface area contributed by atoms with Crippen molar-refractivity contribution in [3.05, 3.63) is 64.1 Å². The lowest BCUT2D eigenvalue weighted by Gasteiger charge is -2.14. The van der Waals surface area contributed by atoms with E-state index in [0.29, 0.717) is 18.9 Å². The Labute approximate surface area is 118 Å². The van der Waals surface area contributed by atoms with Crippen LogP contribution in [0.1, 0.15) is 24.1 Å². The summed E-state index contributed by atoms with van der Waals surface area (Å²) in [4.78, 5) is 12.2. The molecule has 1 aromatic carbocycles. The fraction of sp³-hybridized carbons (Fsp3) is 0.312. The van der Waals surface area contributed by atoms with Crippen molar-refractivity contribution in [3.8, 4) is 5.75 Å². The van der Waals surface area contributed by atoms with E-state index < -0.39 is 0 Å². The average molecular weight is 272 g/mol. The highest BCUT2D eigenvalue weighted by Gasteiger charge is 2.08. The Morgan fingerprint density at radius 1 is 1.25 bits per heavy atom. The van der Waals surface area contributed by atoms with Crippen LogP contribution < -0.4 is 16.0 Å². The second-order valence-electron chi connectivity index (χ2n) is 4.94. The van der Waals surface area contributed by atoms with E-state index in [-0.39, 0.29) is 11.6 Å². The number of nitrogens with two attached hydrogens (primary N) is 1. The molecule has 1 atom stereocenters. The summed E-state index contributed by atoms with van der Waals surface area (Å²) in [5.74, 6) is 0.355. The number of hydrogen-bond donors (Lipinski definition) is 1. The maximum atomic E-state index is 12.2. The predicted octanol–water partition coefficient (Wildman–Crippen LogP) is 2.26. The molecule has 0 aliphatic rings. The second kappa shape index (κ2) is 6.39. The first-order chi connectivity index (χ1) is 9.61. The summed E-state index contributed by atoms with van der Waals surface area (Å²) in [6, 6.07) is 11.5. The van der Waals surface area contributed by atoms with E-state index in [0.717, 1.165) is 5.56 Å². The van der Waals surface area contributed by atoms with Crippen molar-refractivity contribution in [2.75, 3.05) is 6.54 Å². The molecule has 0 aliphatic carbocycles. The summed E-state index contributed by atoms with van der Waals surface area (Å²) in [6.45, 7) is 4.75. The van der Waals surface area contributed by atoms with Crippen LogP contribution in [0, 0.1) is 6.92 Å². The summed E-state index contributed by atoms with van der Waals surface area (Å²) in [5, 5.41) is 0. The topological polar surface area (TPSA) is 57.2 Å². The minimum Gasteiger partial charge on any atom is -0.483 e. The average Bonchev–Trinajstić information content (AvgIpc) is 2.47. The molecular weight excluding hydrogens is 252 g/mol. The smallest absolute Gasteiger partial charge is 0.293 e. The van der Waals surface area contributed by atoms with Crippen LogP contribution in [0.15, 0.2) is 47.4 Å². The lowest BCUT2D eigenvalue weighted by atomic mass is 10.2. The summed E-state index contributed by atoms with van der Waals surface area (Å²) in [5.41, 5.74) is 7.70. The van der Waals surface area contributed by atoms with Gasteiger partial charge in [-0.15, -0.1) is 0 Å².